The number of benzene rings is 12. The van der Waals surface area contributed by atoms with Gasteiger partial charge in [0, 0.05) is 57.7 Å². The molecular formula is C102H100Cl4F16N12O14. The van der Waals surface area contributed by atoms with Crippen molar-refractivity contribution in [3.8, 4) is 40.1 Å². The van der Waals surface area contributed by atoms with E-state index in [1.165, 1.54) is 30.2 Å². The molecule has 2 aromatic heterocycles. The second kappa shape index (κ2) is 55.2. The zero-order chi connectivity index (χ0) is 111. The number of nitrogens with one attached hydrogen (secondary N) is 2. The van der Waals surface area contributed by atoms with Crippen LogP contribution in [0.5, 0.6) is 28.7 Å². The molecule has 10 N–H and O–H groups in total. The minimum absolute atomic E-state index is 0.0248. The first kappa shape index (κ1) is 122. The second-order valence-corrected chi connectivity index (χ2v) is 33.1. The number of imidazole rings is 2. The minimum atomic E-state index is -4.71. The quantitative estimate of drug-likeness (QED) is 0.00827. The van der Waals surface area contributed by atoms with E-state index >= 15 is 0 Å². The first-order valence-corrected chi connectivity index (χ1v) is 45.1. The molecule has 0 radical (unpaired) electrons. The number of aryl methyl sites for hydroxylation is 6. The van der Waals surface area contributed by atoms with Crippen molar-refractivity contribution in [3.63, 3.8) is 0 Å². The molecule has 0 aliphatic rings. The number of aromatic nitrogens is 4. The topological polar surface area (TPSA) is 365 Å². The number of fused-ring (bicyclic) bond motifs is 2. The lowest BCUT2D eigenvalue weighted by Crippen LogP contribution is -2.41. The summed E-state index contributed by atoms with van der Waals surface area (Å²) in [6.07, 6.45) is -22.7. The second-order valence-electron chi connectivity index (χ2n) is 31.8. The average Bonchev–Trinajstić information content (AvgIpc) is 1.61. The van der Waals surface area contributed by atoms with Gasteiger partial charge in [-0.15, -0.1) is 23.2 Å². The molecule has 2 atom stereocenters. The number of alkyl halides is 17. The Morgan fingerprint density at radius 1 is 0.439 bits per heavy atom. The first-order valence-electron chi connectivity index (χ1n) is 43.3. The van der Waals surface area contributed by atoms with E-state index in [9.17, 15) is 110 Å². The third kappa shape index (κ3) is 36.2. The van der Waals surface area contributed by atoms with Gasteiger partial charge >= 0.3 is 36.6 Å². The van der Waals surface area contributed by atoms with Crippen LogP contribution in [0.15, 0.2) is 237 Å². The molecule has 0 aliphatic heterocycles. The van der Waals surface area contributed by atoms with Gasteiger partial charge in [0.15, 0.2) is 0 Å². The Hall–Kier alpha value is -14.7. The maximum absolute atomic E-state index is 13.8. The number of aliphatic hydroxyl groups is 2. The first-order chi connectivity index (χ1) is 69.3. The molecule has 0 bridgehead atoms. The number of nitro groups is 2. The van der Waals surface area contributed by atoms with Crippen LogP contribution >= 0.6 is 46.4 Å². The van der Waals surface area contributed by atoms with Crippen LogP contribution in [-0.4, -0.2) is 127 Å². The number of aliphatic hydroxyl groups excluding tert-OH is 2. The predicted molar refractivity (Wildman–Crippen MR) is 537 cm³/mol. The zero-order valence-electron chi connectivity index (χ0n) is 80.9. The van der Waals surface area contributed by atoms with Crippen molar-refractivity contribution in [1.29, 1.82) is 0 Å². The molecular weight excluding hydrogens is 2060 g/mol. The number of hydrogen-bond donors (Lipinski definition) is 7. The molecule has 2 heterocycles. The van der Waals surface area contributed by atoms with E-state index in [1.54, 1.807) is 161 Å². The SMILES string of the molecule is CC(N)CO.COc1ccc(-n2c(CCl)nc3cc(C(F)(F)F)ccc32)cc1.COc1ccc(-n2c(CN(C(=O)c3c(C)cc(C)cc3C)C(C)CO)nc3cc(C(F)(F)F)ccc32)cc1.COc1ccc(N)cc1.COc1ccc(Nc2ccc(C(F)(F)F)cc2N)cc1.COc1ccc(Nc2ccc(C(F)(F)F)cc2[N+](=O)[O-])cc1.Cc1cc(C)c(C(=O)Cl)c(C)c1.O=C(Cl)CCl.O=[N+]([O-])c1cc(C(F)(F)F)ccc1F. The van der Waals surface area contributed by atoms with E-state index in [-0.39, 0.29) is 77.2 Å². The fraction of sp³-hybridized carbons (Fsp3) is 0.245. The van der Waals surface area contributed by atoms with E-state index in [2.05, 4.69) is 20.6 Å². The fourth-order valence-electron chi connectivity index (χ4n) is 13.6. The third-order valence-electron chi connectivity index (χ3n) is 20.6. The maximum Gasteiger partial charge on any atom is 0.416 e. The number of carbonyl (C=O) groups is 3. The molecule has 2 unspecified atom stereocenters. The van der Waals surface area contributed by atoms with Crippen LogP contribution in [0.3, 0.4) is 0 Å². The number of nitrogen functional groups attached to an aromatic ring is 2. The highest BCUT2D eigenvalue weighted by atomic mass is 35.5. The molecule has 14 aromatic rings. The normalized spacial score (nSPS) is 11.4. The number of methoxy groups -OCH3 is 5. The minimum Gasteiger partial charge on any atom is -0.497 e. The Balaban J connectivity index is 0.000000269. The van der Waals surface area contributed by atoms with Gasteiger partial charge in [-0.1, -0.05) is 35.4 Å². The van der Waals surface area contributed by atoms with Crippen molar-refractivity contribution in [2.45, 2.75) is 111 Å². The summed E-state index contributed by atoms with van der Waals surface area (Å²) in [5.41, 5.74) is 21.8. The maximum atomic E-state index is 13.8. The summed E-state index contributed by atoms with van der Waals surface area (Å²) in [5.74, 6) is 2.68. The van der Waals surface area contributed by atoms with Gasteiger partial charge in [0.05, 0.1) is 144 Å². The monoisotopic (exact) mass is 2160 g/mol. The molecule has 792 valence electrons. The summed E-state index contributed by atoms with van der Waals surface area (Å²) in [5, 5.41) is 43.9. The van der Waals surface area contributed by atoms with Gasteiger partial charge in [0.2, 0.25) is 11.1 Å². The van der Waals surface area contributed by atoms with Crippen LogP contribution in [0, 0.1) is 67.6 Å². The largest absolute Gasteiger partial charge is 0.497 e. The summed E-state index contributed by atoms with van der Waals surface area (Å²) < 4.78 is 232. The summed E-state index contributed by atoms with van der Waals surface area (Å²) in [6, 6.07) is 55.4. The Morgan fingerprint density at radius 2 is 0.750 bits per heavy atom. The molecule has 12 aromatic carbocycles. The summed E-state index contributed by atoms with van der Waals surface area (Å²) in [6.45, 7) is 14.7. The molecule has 46 heteroatoms. The highest BCUT2D eigenvalue weighted by Gasteiger charge is 2.38. The Kier molecular flexibility index (Phi) is 45.5. The van der Waals surface area contributed by atoms with Crippen LogP contribution < -0.4 is 51.5 Å². The number of nitro benzene ring substituents is 2. The molecule has 0 spiro atoms. The van der Waals surface area contributed by atoms with Crippen LogP contribution in [-0.2, 0) is 48.1 Å². The van der Waals surface area contributed by atoms with Crippen LogP contribution in [0.25, 0.3) is 33.4 Å². The number of ether oxygens (including phenoxy) is 5. The lowest BCUT2D eigenvalue weighted by molar-refractivity contribution is -0.387. The van der Waals surface area contributed by atoms with Crippen LogP contribution in [0.1, 0.15) is 107 Å². The Morgan fingerprint density at radius 3 is 1.08 bits per heavy atom. The van der Waals surface area contributed by atoms with Crippen molar-refractivity contribution in [2.75, 3.05) is 76.7 Å². The number of carbonyl (C=O) groups excluding carboxylic acids is 3. The molecule has 148 heavy (non-hydrogen) atoms. The molecule has 0 aliphatic carbocycles. The van der Waals surface area contributed by atoms with Crippen molar-refractivity contribution in [1.82, 2.24) is 24.0 Å². The van der Waals surface area contributed by atoms with Crippen molar-refractivity contribution in [3.05, 3.63) is 347 Å². The van der Waals surface area contributed by atoms with E-state index in [0.29, 0.717) is 97.8 Å². The predicted octanol–water partition coefficient (Wildman–Crippen LogP) is 26.5. The molecule has 0 fully saturated rings. The smallest absolute Gasteiger partial charge is 0.416 e. The van der Waals surface area contributed by atoms with E-state index in [4.69, 9.17) is 92.4 Å². The molecule has 1 amide bonds. The van der Waals surface area contributed by atoms with Gasteiger partial charge in [-0.25, -0.2) is 9.97 Å². The van der Waals surface area contributed by atoms with Gasteiger partial charge in [-0.2, -0.15) is 70.2 Å². The van der Waals surface area contributed by atoms with Crippen LogP contribution in [0.4, 0.5) is 116 Å². The lowest BCUT2D eigenvalue weighted by Gasteiger charge is -2.29. The highest BCUT2D eigenvalue weighted by molar-refractivity contribution is 6.68. The number of anilines is 6. The third-order valence-corrected chi connectivity index (χ3v) is 21.6. The number of halogens is 20. The van der Waals surface area contributed by atoms with Crippen molar-refractivity contribution in [2.24, 2.45) is 5.73 Å². The fourth-order valence-corrected chi connectivity index (χ4v) is 14.1. The van der Waals surface area contributed by atoms with Gasteiger partial charge < -0.3 is 66.6 Å². The van der Waals surface area contributed by atoms with Gasteiger partial charge in [0.1, 0.15) is 46.1 Å². The average molecular weight is 2160 g/mol. The molecule has 14 rings (SSSR count). The Bertz CT molecular complexity index is 6760. The van der Waals surface area contributed by atoms with E-state index in [1.807, 2.05) is 77.9 Å². The van der Waals surface area contributed by atoms with E-state index < -0.39 is 97.0 Å². The molecule has 26 nitrogen and oxygen atoms in total. The van der Waals surface area contributed by atoms with Crippen molar-refractivity contribution >= 4 is 130 Å². The highest BCUT2D eigenvalue weighted by Crippen LogP contribution is 2.41. The summed E-state index contributed by atoms with van der Waals surface area (Å²) in [4.78, 5) is 63.6. The molecule has 0 saturated heterocycles. The van der Waals surface area contributed by atoms with Crippen molar-refractivity contribution < 1.29 is 128 Å². The Labute approximate surface area is 858 Å². The van der Waals surface area contributed by atoms with E-state index in [0.717, 1.165) is 99.0 Å². The van der Waals surface area contributed by atoms with Gasteiger partial charge in [-0.05, 0) is 301 Å². The number of hydrogen-bond acceptors (Lipinski definition) is 21. The van der Waals surface area contributed by atoms with Gasteiger partial charge in [-0.3, -0.25) is 43.7 Å². The summed E-state index contributed by atoms with van der Waals surface area (Å²) in [7, 11) is 7.77. The number of rotatable bonds is 22. The standard InChI is InChI=1S/C29H30F3N3O3.C16H12ClF3N2O.C14H11F3N2O3.C14H13F3N2O.C10H11ClO.C7H3F4NO2.C7H9NO.C3H9NO.C2H2Cl2O/c1-17-12-18(2)27(19(3)13-17)28(37)34(20(4)16-36)15-26-33-24-14-21(29(30,31)32)6-11-25(24)35(26)22-7-9-23(38-5)10-8-22;1-23-12-5-3-11(4-6-12)22-14-7-2-10(16(18,19)20)8-13(14)21-15(22)9-17;1-22-11-5-3-10(4-6-11)18-12-7-2-9(14(15,16)17)8-13(12)19(20)21;1-20-11-5-3-10(4-6-11)19-13-7-2-9(8-12(13)18)14(15,16)17;1-6-4-7(2)9(10(11)12)8(3)5-6;8-5-2-1-4(7(9,10)11)3-6(5)12(13)14;1-9-7-4-2-6(8)3-5-7;1-3(4)2-5;3-1-2(4)5/h6-14,20,36H,15-16H2,1-5H3;2-8H,9H2,1H3;2-8,18H,1H3;2-8,19H,18H2,1H3;4-5H,1-3H3;1-3H;2-5H,8H2,1H3;3,5H,2,4H2,1H3;1H2. The molecule has 0 saturated carbocycles. The lowest BCUT2D eigenvalue weighted by atomic mass is 9.98. The zero-order valence-corrected chi connectivity index (χ0v) is 83.9. The van der Waals surface area contributed by atoms with Gasteiger partial charge in [0.25, 0.3) is 16.8 Å². The number of amides is 1. The van der Waals surface area contributed by atoms with Crippen LogP contribution in [0.2, 0.25) is 0 Å². The number of nitrogens with zero attached hydrogens (tertiary/aromatic N) is 7. The summed E-state index contributed by atoms with van der Waals surface area (Å²) >= 11 is 20.9. The number of nitrogens with two attached hydrogens (primary N) is 3.